The fourth-order valence-corrected chi connectivity index (χ4v) is 3.18. The Morgan fingerprint density at radius 1 is 1.04 bits per heavy atom. The zero-order valence-electron chi connectivity index (χ0n) is 16.2. The Labute approximate surface area is 165 Å². The molecule has 2 aromatic carbocycles. The molecule has 1 heterocycles. The topological polar surface area (TPSA) is 49.3 Å². The van der Waals surface area contributed by atoms with Crippen LogP contribution in [0, 0.1) is 4.77 Å². The zero-order valence-corrected chi connectivity index (χ0v) is 17.0. The summed E-state index contributed by atoms with van der Waals surface area (Å²) in [7, 11) is 3.77. The molecule has 27 heavy (non-hydrogen) atoms. The third-order valence-electron chi connectivity index (χ3n) is 4.53. The molecule has 0 bridgehead atoms. The van der Waals surface area contributed by atoms with Gasteiger partial charge in [0.25, 0.3) is 0 Å². The summed E-state index contributed by atoms with van der Waals surface area (Å²) in [6, 6.07) is 16.4. The van der Waals surface area contributed by atoms with E-state index in [1.54, 1.807) is 16.5 Å². The van der Waals surface area contributed by atoms with Gasteiger partial charge in [0.05, 0.1) is 19.8 Å². The lowest BCUT2D eigenvalue weighted by Crippen LogP contribution is -3.07. The predicted octanol–water partition coefficient (Wildman–Crippen LogP) is 2.60. The molecule has 142 valence electrons. The van der Waals surface area contributed by atoms with Crippen LogP contribution in [0.3, 0.4) is 0 Å². The van der Waals surface area contributed by atoms with Crippen LogP contribution in [0.25, 0.3) is 5.69 Å². The molecule has 0 aliphatic carbocycles. The molecule has 0 aliphatic heterocycles. The van der Waals surface area contributed by atoms with Gasteiger partial charge in [0, 0.05) is 5.56 Å². The number of nitrogens with zero attached hydrogens (tertiary/aromatic N) is 4. The number of aromatic nitrogens is 4. The number of rotatable bonds is 7. The highest BCUT2D eigenvalue weighted by atomic mass is 32.1. The molecule has 6 nitrogen and oxygen atoms in total. The third-order valence-corrected chi connectivity index (χ3v) is 4.91. The number of nitrogens with one attached hydrogen (secondary N) is 1. The van der Waals surface area contributed by atoms with Gasteiger partial charge in [-0.15, -0.1) is 0 Å². The third kappa shape index (κ3) is 4.61. The minimum Gasteiger partial charge on any atom is -0.497 e. The first kappa shape index (κ1) is 19.3. The summed E-state index contributed by atoms with van der Waals surface area (Å²) in [6.45, 7) is 5.97. The fourth-order valence-electron chi connectivity index (χ4n) is 2.94. The quantitative estimate of drug-likeness (QED) is 0.636. The van der Waals surface area contributed by atoms with E-state index in [1.165, 1.54) is 16.0 Å². The van der Waals surface area contributed by atoms with Crippen LogP contribution in [0.4, 0.5) is 0 Å². The van der Waals surface area contributed by atoms with E-state index in [2.05, 4.69) is 55.6 Å². The number of methoxy groups -OCH3 is 1. The van der Waals surface area contributed by atoms with Gasteiger partial charge in [-0.3, -0.25) is 0 Å². The number of benzene rings is 2. The molecule has 0 radical (unpaired) electrons. The van der Waals surface area contributed by atoms with E-state index in [1.807, 2.05) is 24.3 Å². The SMILES string of the molecule is COc1ccc(-n2nnn(C[NH+](C)Cc3ccc(C(C)C)cc3)c2=S)cc1. The van der Waals surface area contributed by atoms with Gasteiger partial charge in [0.1, 0.15) is 12.3 Å². The first-order valence-corrected chi connectivity index (χ1v) is 9.46. The summed E-state index contributed by atoms with van der Waals surface area (Å²) >= 11 is 5.55. The number of hydrogen-bond donors (Lipinski definition) is 1. The van der Waals surface area contributed by atoms with Gasteiger partial charge in [-0.2, -0.15) is 9.36 Å². The van der Waals surface area contributed by atoms with Crippen molar-refractivity contribution in [2.24, 2.45) is 0 Å². The highest BCUT2D eigenvalue weighted by Crippen LogP contribution is 2.15. The Balaban J connectivity index is 1.68. The molecule has 1 unspecified atom stereocenters. The largest absolute Gasteiger partial charge is 0.497 e. The predicted molar refractivity (Wildman–Crippen MR) is 108 cm³/mol. The van der Waals surface area contributed by atoms with E-state index in [9.17, 15) is 0 Å². The summed E-state index contributed by atoms with van der Waals surface area (Å²) in [5, 5.41) is 8.43. The molecule has 1 N–H and O–H groups in total. The van der Waals surface area contributed by atoms with Gasteiger partial charge in [-0.25, -0.2) is 0 Å². The molecule has 3 rings (SSSR count). The number of hydrogen-bond acceptors (Lipinski definition) is 4. The van der Waals surface area contributed by atoms with Crippen molar-refractivity contribution in [1.29, 1.82) is 0 Å². The Kier molecular flexibility index (Phi) is 6.03. The van der Waals surface area contributed by atoms with Crippen molar-refractivity contribution in [2.75, 3.05) is 14.2 Å². The van der Waals surface area contributed by atoms with Crippen LogP contribution in [0.15, 0.2) is 48.5 Å². The van der Waals surface area contributed by atoms with Crippen LogP contribution in [0.5, 0.6) is 5.75 Å². The van der Waals surface area contributed by atoms with E-state index in [4.69, 9.17) is 17.0 Å². The first-order valence-electron chi connectivity index (χ1n) is 9.05. The summed E-state index contributed by atoms with van der Waals surface area (Å²) < 4.78 is 9.20. The van der Waals surface area contributed by atoms with Gasteiger partial charge in [0.2, 0.25) is 4.77 Å². The smallest absolute Gasteiger partial charge is 0.225 e. The van der Waals surface area contributed by atoms with Crippen LogP contribution in [0.1, 0.15) is 30.9 Å². The van der Waals surface area contributed by atoms with Crippen molar-refractivity contribution < 1.29 is 9.64 Å². The van der Waals surface area contributed by atoms with Crippen molar-refractivity contribution in [1.82, 2.24) is 19.8 Å². The van der Waals surface area contributed by atoms with Gasteiger partial charge in [0.15, 0.2) is 6.67 Å². The summed E-state index contributed by atoms with van der Waals surface area (Å²) in [4.78, 5) is 1.28. The molecule has 0 amide bonds. The molecule has 7 heteroatoms. The monoisotopic (exact) mass is 384 g/mol. The second-order valence-corrected chi connectivity index (χ2v) is 7.42. The van der Waals surface area contributed by atoms with Crippen LogP contribution < -0.4 is 9.64 Å². The lowest BCUT2D eigenvalue weighted by Gasteiger charge is -2.14. The van der Waals surface area contributed by atoms with Crippen molar-refractivity contribution in [3.63, 3.8) is 0 Å². The first-order chi connectivity index (χ1) is 13.0. The molecule has 1 aromatic heterocycles. The molecule has 1 atom stereocenters. The maximum absolute atomic E-state index is 5.55. The van der Waals surface area contributed by atoms with E-state index < -0.39 is 0 Å². The van der Waals surface area contributed by atoms with E-state index in [0.717, 1.165) is 18.0 Å². The molecule has 3 aromatic rings. The average molecular weight is 385 g/mol. The second kappa shape index (κ2) is 8.45. The van der Waals surface area contributed by atoms with Crippen LogP contribution >= 0.6 is 12.2 Å². The lowest BCUT2D eigenvalue weighted by molar-refractivity contribution is -0.917. The standard InChI is InChI=1S/C20H25N5OS/c1-15(2)17-7-5-16(6-8-17)13-23(3)14-24-20(27)25(22-21-24)18-9-11-19(26-4)12-10-18/h5-12,15H,13-14H2,1-4H3/p+1. The summed E-state index contributed by atoms with van der Waals surface area (Å²) in [5.41, 5.74) is 3.53. The number of tetrazole rings is 1. The van der Waals surface area contributed by atoms with E-state index >= 15 is 0 Å². The zero-order chi connectivity index (χ0) is 19.4. The van der Waals surface area contributed by atoms with Crippen molar-refractivity contribution in [3.05, 3.63) is 64.4 Å². The van der Waals surface area contributed by atoms with Crippen molar-refractivity contribution in [2.45, 2.75) is 33.0 Å². The summed E-state index contributed by atoms with van der Waals surface area (Å²) in [5.74, 6) is 1.35. The number of ether oxygens (including phenoxy) is 1. The fraction of sp³-hybridized carbons (Fsp3) is 0.350. The van der Waals surface area contributed by atoms with Crippen LogP contribution in [-0.4, -0.2) is 33.9 Å². The highest BCUT2D eigenvalue weighted by Gasteiger charge is 2.11. The molecule has 0 fully saturated rings. The Morgan fingerprint density at radius 2 is 1.70 bits per heavy atom. The average Bonchev–Trinajstić information content (AvgIpc) is 3.02. The highest BCUT2D eigenvalue weighted by molar-refractivity contribution is 7.71. The molecular weight excluding hydrogens is 358 g/mol. The minimum absolute atomic E-state index is 0.551. The maximum atomic E-state index is 5.55. The Bertz CT molecular complexity index is 928. The van der Waals surface area contributed by atoms with Gasteiger partial charge in [-0.05, 0) is 58.4 Å². The van der Waals surface area contributed by atoms with Crippen molar-refractivity contribution in [3.8, 4) is 11.4 Å². The maximum Gasteiger partial charge on any atom is 0.225 e. The molecule has 0 saturated carbocycles. The van der Waals surface area contributed by atoms with Crippen LogP contribution in [0.2, 0.25) is 0 Å². The van der Waals surface area contributed by atoms with E-state index in [-0.39, 0.29) is 0 Å². The molecule has 0 spiro atoms. The number of quaternary nitrogens is 1. The minimum atomic E-state index is 0.551. The van der Waals surface area contributed by atoms with Gasteiger partial charge >= 0.3 is 0 Å². The van der Waals surface area contributed by atoms with Gasteiger partial charge in [-0.1, -0.05) is 38.1 Å². The molecule has 0 aliphatic rings. The van der Waals surface area contributed by atoms with Crippen molar-refractivity contribution >= 4 is 12.2 Å². The molecule has 0 saturated heterocycles. The van der Waals surface area contributed by atoms with E-state index in [0.29, 0.717) is 17.4 Å². The van der Waals surface area contributed by atoms with Crippen LogP contribution in [-0.2, 0) is 13.2 Å². The summed E-state index contributed by atoms with van der Waals surface area (Å²) in [6.07, 6.45) is 0. The molecular formula is C20H26N5OS+. The van der Waals surface area contributed by atoms with Gasteiger partial charge < -0.3 is 9.64 Å². The second-order valence-electron chi connectivity index (χ2n) is 7.06. The Hall–Kier alpha value is -2.51. The lowest BCUT2D eigenvalue weighted by atomic mass is 10.0. The normalized spacial score (nSPS) is 12.3. The Morgan fingerprint density at radius 3 is 2.30 bits per heavy atom.